The molecule has 4 rings (SSSR count). The van der Waals surface area contributed by atoms with Gasteiger partial charge in [-0.2, -0.15) is 0 Å². The number of fused-ring (bicyclic) bond motifs is 5. The van der Waals surface area contributed by atoms with Crippen molar-refractivity contribution in [3.05, 3.63) is 16.0 Å². The Labute approximate surface area is 124 Å². The van der Waals surface area contributed by atoms with Gasteiger partial charge in [0.1, 0.15) is 17.0 Å². The average molecular weight is 290 g/mol. The summed E-state index contributed by atoms with van der Waals surface area (Å²) in [4.78, 5) is 9.04. The first-order valence-electron chi connectivity index (χ1n) is 7.84. The van der Waals surface area contributed by atoms with E-state index in [-0.39, 0.29) is 0 Å². The highest BCUT2D eigenvalue weighted by Gasteiger charge is 2.41. The van der Waals surface area contributed by atoms with E-state index in [0.29, 0.717) is 12.3 Å². The van der Waals surface area contributed by atoms with Crippen molar-refractivity contribution in [3.63, 3.8) is 0 Å². The Hall–Kier alpha value is -0.910. The van der Waals surface area contributed by atoms with Crippen LogP contribution in [0.25, 0.3) is 0 Å². The van der Waals surface area contributed by atoms with Crippen LogP contribution in [-0.2, 0) is 12.8 Å². The summed E-state index contributed by atoms with van der Waals surface area (Å²) < 4.78 is 0. The third kappa shape index (κ3) is 1.70. The zero-order chi connectivity index (χ0) is 13.7. The lowest BCUT2D eigenvalue weighted by Gasteiger charge is -2.34. The molecule has 20 heavy (non-hydrogen) atoms. The fourth-order valence-corrected chi connectivity index (χ4v) is 5.02. The molecular weight excluding hydrogens is 268 g/mol. The predicted molar refractivity (Wildman–Crippen MR) is 83.3 cm³/mol. The number of amidine groups is 1. The van der Waals surface area contributed by atoms with Crippen molar-refractivity contribution in [2.24, 2.45) is 4.99 Å². The lowest BCUT2D eigenvalue weighted by molar-refractivity contribution is 0.288. The highest BCUT2D eigenvalue weighted by atomic mass is 32.1. The van der Waals surface area contributed by atoms with Crippen LogP contribution in [0.3, 0.4) is 0 Å². The van der Waals surface area contributed by atoms with Gasteiger partial charge in [-0.15, -0.1) is 11.3 Å². The molecular formula is C15H22N4S. The molecule has 0 amide bonds. The molecule has 1 fully saturated rings. The van der Waals surface area contributed by atoms with Crippen LogP contribution in [0.4, 0.5) is 5.00 Å². The van der Waals surface area contributed by atoms with Gasteiger partial charge in [0.25, 0.3) is 0 Å². The van der Waals surface area contributed by atoms with Crippen molar-refractivity contribution in [3.8, 4) is 0 Å². The fraction of sp³-hybridized carbons (Fsp3) is 0.667. The smallest absolute Gasteiger partial charge is 0.125 e. The molecule has 1 saturated heterocycles. The number of aryl methyl sites for hydroxylation is 1. The van der Waals surface area contributed by atoms with Crippen molar-refractivity contribution in [2.75, 3.05) is 0 Å². The van der Waals surface area contributed by atoms with Gasteiger partial charge in [0.2, 0.25) is 0 Å². The largest absolute Gasteiger partial charge is 0.322 e. The van der Waals surface area contributed by atoms with Gasteiger partial charge in [-0.05, 0) is 37.7 Å². The third-order valence-corrected chi connectivity index (χ3v) is 5.90. The number of nitrogens with zero attached hydrogens (tertiary/aromatic N) is 2. The van der Waals surface area contributed by atoms with E-state index in [1.165, 1.54) is 42.1 Å². The molecule has 0 spiro atoms. The molecule has 1 aromatic rings. The molecule has 1 aliphatic carbocycles. The maximum absolute atomic E-state index is 4.99. The van der Waals surface area contributed by atoms with E-state index in [4.69, 9.17) is 4.99 Å². The number of hydrazine groups is 1. The Bertz CT molecular complexity index is 562. The summed E-state index contributed by atoms with van der Waals surface area (Å²) in [6, 6.07) is 0. The topological polar surface area (TPSA) is 39.7 Å². The minimum Gasteiger partial charge on any atom is -0.322 e. The molecule has 0 radical (unpaired) electrons. The van der Waals surface area contributed by atoms with Gasteiger partial charge in [0.15, 0.2) is 0 Å². The number of rotatable bonds is 2. The Morgan fingerprint density at radius 2 is 2.10 bits per heavy atom. The van der Waals surface area contributed by atoms with Gasteiger partial charge in [0.05, 0.1) is 6.17 Å². The van der Waals surface area contributed by atoms with Crippen LogP contribution in [0, 0.1) is 0 Å². The van der Waals surface area contributed by atoms with E-state index in [2.05, 4.69) is 29.6 Å². The lowest BCUT2D eigenvalue weighted by atomic mass is 9.93. The summed E-state index contributed by atoms with van der Waals surface area (Å²) in [6.45, 7) is 4.44. The molecule has 3 aliphatic rings. The molecule has 3 heterocycles. The molecule has 2 N–H and O–H groups in total. The highest BCUT2D eigenvalue weighted by Crippen LogP contribution is 2.47. The van der Waals surface area contributed by atoms with Gasteiger partial charge in [0, 0.05) is 16.9 Å². The molecule has 2 atom stereocenters. The number of aliphatic imine (C=N–C) groups is 1. The quantitative estimate of drug-likeness (QED) is 0.878. The van der Waals surface area contributed by atoms with E-state index in [9.17, 15) is 0 Å². The number of nitrogens with one attached hydrogen (secondary N) is 2. The number of thiophene rings is 1. The summed E-state index contributed by atoms with van der Waals surface area (Å²) >= 11 is 1.93. The summed E-state index contributed by atoms with van der Waals surface area (Å²) in [5, 5.41) is 1.26. The first-order chi connectivity index (χ1) is 9.83. The fourth-order valence-electron chi connectivity index (χ4n) is 3.71. The van der Waals surface area contributed by atoms with Crippen molar-refractivity contribution >= 4 is 22.2 Å². The molecule has 0 aromatic carbocycles. The van der Waals surface area contributed by atoms with Crippen LogP contribution in [0.5, 0.6) is 0 Å². The van der Waals surface area contributed by atoms with Crippen LogP contribution in [0.2, 0.25) is 0 Å². The Morgan fingerprint density at radius 1 is 1.25 bits per heavy atom. The SMILES string of the molecule is CCC1=Nc2sc3c(c2[C@H]2NN[C@H](CC)N12)CCCC3. The Kier molecular flexibility index (Phi) is 3.09. The maximum Gasteiger partial charge on any atom is 0.125 e. The molecule has 5 heteroatoms. The van der Waals surface area contributed by atoms with Gasteiger partial charge in [-0.1, -0.05) is 13.8 Å². The average Bonchev–Trinajstić information content (AvgIpc) is 3.06. The summed E-state index contributed by atoms with van der Waals surface area (Å²) in [5.74, 6) is 1.23. The minimum atomic E-state index is 0.292. The normalized spacial score (nSPS) is 27.9. The van der Waals surface area contributed by atoms with E-state index < -0.39 is 0 Å². The van der Waals surface area contributed by atoms with Gasteiger partial charge >= 0.3 is 0 Å². The molecule has 108 valence electrons. The maximum atomic E-state index is 4.99. The van der Waals surface area contributed by atoms with Crippen LogP contribution in [0.1, 0.15) is 61.7 Å². The van der Waals surface area contributed by atoms with Crippen LogP contribution in [0.15, 0.2) is 4.99 Å². The van der Waals surface area contributed by atoms with Crippen LogP contribution >= 0.6 is 11.3 Å². The number of hydrogen-bond donors (Lipinski definition) is 2. The molecule has 2 aliphatic heterocycles. The van der Waals surface area contributed by atoms with Crippen LogP contribution in [-0.4, -0.2) is 16.9 Å². The zero-order valence-corrected chi connectivity index (χ0v) is 13.0. The van der Waals surface area contributed by atoms with Gasteiger partial charge in [-0.3, -0.25) is 0 Å². The summed E-state index contributed by atoms with van der Waals surface area (Å²) in [7, 11) is 0. The van der Waals surface area contributed by atoms with Gasteiger partial charge < -0.3 is 4.90 Å². The first kappa shape index (κ1) is 12.8. The van der Waals surface area contributed by atoms with Crippen LogP contribution < -0.4 is 10.9 Å². The molecule has 4 nitrogen and oxygen atoms in total. The molecule has 0 bridgehead atoms. The third-order valence-electron chi connectivity index (χ3n) is 4.70. The van der Waals surface area contributed by atoms with E-state index in [1.54, 1.807) is 10.4 Å². The van der Waals surface area contributed by atoms with E-state index in [1.807, 2.05) is 11.3 Å². The Balaban J connectivity index is 1.84. The second-order valence-corrected chi connectivity index (χ2v) is 6.92. The second-order valence-electron chi connectivity index (χ2n) is 5.83. The minimum absolute atomic E-state index is 0.292. The lowest BCUT2D eigenvalue weighted by Crippen LogP contribution is -2.41. The monoisotopic (exact) mass is 290 g/mol. The van der Waals surface area contributed by atoms with Crippen molar-refractivity contribution in [1.29, 1.82) is 0 Å². The zero-order valence-electron chi connectivity index (χ0n) is 12.2. The highest BCUT2D eigenvalue weighted by molar-refractivity contribution is 7.16. The number of hydrogen-bond acceptors (Lipinski definition) is 5. The molecule has 0 saturated carbocycles. The first-order valence-corrected chi connectivity index (χ1v) is 8.66. The second kappa shape index (κ2) is 4.83. The van der Waals surface area contributed by atoms with Crippen molar-refractivity contribution in [1.82, 2.24) is 15.8 Å². The van der Waals surface area contributed by atoms with E-state index in [0.717, 1.165) is 12.8 Å². The summed E-state index contributed by atoms with van der Waals surface area (Å²) in [6.07, 6.45) is 7.91. The van der Waals surface area contributed by atoms with Crippen molar-refractivity contribution in [2.45, 2.75) is 64.7 Å². The summed E-state index contributed by atoms with van der Waals surface area (Å²) in [5.41, 5.74) is 10.0. The molecule has 1 aromatic heterocycles. The van der Waals surface area contributed by atoms with Gasteiger partial charge in [-0.25, -0.2) is 15.8 Å². The van der Waals surface area contributed by atoms with Crippen molar-refractivity contribution < 1.29 is 0 Å². The standard InChI is InChI=1S/C15H22N4S/c1-3-11-16-15-13(9-7-5-6-8-10(9)20-15)14-18-17-12(4-2)19(11)14/h12,14,17-18H,3-8H2,1-2H3/t12-,14-/m0/s1. The molecule has 0 unspecified atom stereocenters. The van der Waals surface area contributed by atoms with E-state index >= 15 is 0 Å². The Morgan fingerprint density at radius 3 is 2.90 bits per heavy atom. The predicted octanol–water partition coefficient (Wildman–Crippen LogP) is 3.23.